The largest absolute Gasteiger partial charge is 0.310 e. The Morgan fingerprint density at radius 1 is 0.420 bits per heavy atom. The van der Waals surface area contributed by atoms with Gasteiger partial charge in [0.2, 0.25) is 0 Å². The van der Waals surface area contributed by atoms with Crippen molar-refractivity contribution in [1.82, 2.24) is 4.98 Å². The summed E-state index contributed by atoms with van der Waals surface area (Å²) in [5.74, 6) is 0. The van der Waals surface area contributed by atoms with Crippen molar-refractivity contribution in [3.05, 3.63) is 193 Å². The van der Waals surface area contributed by atoms with Crippen molar-refractivity contribution in [1.29, 1.82) is 0 Å². The SMILES string of the molecule is CC1(C)c2ccccc2N(c2cc(-c3ccccc3)cc(-c3ccccc3)c2)c2ccc(-c3cccc(-c4nccc5ccccc45)c3)cc21. The molecule has 1 aromatic heterocycles. The van der Waals surface area contributed by atoms with E-state index in [1.165, 1.54) is 66.7 Å². The second kappa shape index (κ2) is 12.0. The van der Waals surface area contributed by atoms with Gasteiger partial charge in [0.25, 0.3) is 0 Å². The molecule has 2 nitrogen and oxygen atoms in total. The third-order valence-electron chi connectivity index (χ3n) is 10.3. The predicted octanol–water partition coefficient (Wildman–Crippen LogP) is 13.0. The summed E-state index contributed by atoms with van der Waals surface area (Å²) in [5, 5.41) is 2.36. The van der Waals surface area contributed by atoms with Gasteiger partial charge in [0, 0.05) is 28.2 Å². The van der Waals surface area contributed by atoms with Gasteiger partial charge in [-0.3, -0.25) is 4.98 Å². The standard InChI is InChI=1S/C48H36N2/c1-48(2)43-22-11-12-23-45(43)50(41-30-39(33-14-5-3-6-15-33)29-40(31-41)34-16-7-4-8-17-34)46-25-24-37(32-44(46)48)36-19-13-20-38(28-36)47-42-21-10-9-18-35(42)26-27-49-47/h3-32H,1-2H3. The van der Waals surface area contributed by atoms with Crippen LogP contribution in [-0.4, -0.2) is 4.98 Å². The predicted molar refractivity (Wildman–Crippen MR) is 210 cm³/mol. The van der Waals surface area contributed by atoms with Crippen LogP contribution in [0.1, 0.15) is 25.0 Å². The van der Waals surface area contributed by atoms with Crippen molar-refractivity contribution in [2.45, 2.75) is 19.3 Å². The van der Waals surface area contributed by atoms with E-state index >= 15 is 0 Å². The number of hydrogen-bond acceptors (Lipinski definition) is 2. The number of aromatic nitrogens is 1. The van der Waals surface area contributed by atoms with Crippen molar-refractivity contribution in [2.75, 3.05) is 4.90 Å². The van der Waals surface area contributed by atoms with Crippen LogP contribution in [0.25, 0.3) is 55.4 Å². The molecule has 9 rings (SSSR count). The van der Waals surface area contributed by atoms with Gasteiger partial charge in [-0.05, 0) is 98.4 Å². The molecule has 2 heterocycles. The van der Waals surface area contributed by atoms with Crippen molar-refractivity contribution < 1.29 is 0 Å². The topological polar surface area (TPSA) is 16.1 Å². The Kier molecular flexibility index (Phi) is 7.17. The zero-order chi connectivity index (χ0) is 33.7. The molecule has 0 bridgehead atoms. The second-order valence-corrected chi connectivity index (χ2v) is 13.7. The first-order chi connectivity index (χ1) is 24.5. The van der Waals surface area contributed by atoms with Crippen molar-refractivity contribution >= 4 is 27.8 Å². The highest BCUT2D eigenvalue weighted by Crippen LogP contribution is 2.53. The van der Waals surface area contributed by atoms with Crippen molar-refractivity contribution in [2.24, 2.45) is 0 Å². The molecule has 50 heavy (non-hydrogen) atoms. The molecule has 1 aliphatic heterocycles. The van der Waals surface area contributed by atoms with Crippen LogP contribution in [0.5, 0.6) is 0 Å². The van der Waals surface area contributed by atoms with E-state index in [0.29, 0.717) is 0 Å². The highest BCUT2D eigenvalue weighted by molar-refractivity contribution is 5.95. The molecule has 8 aromatic rings. The van der Waals surface area contributed by atoms with Crippen molar-refractivity contribution in [3.63, 3.8) is 0 Å². The summed E-state index contributed by atoms with van der Waals surface area (Å²) in [5.41, 5.74) is 15.3. The van der Waals surface area contributed by atoms with Crippen LogP contribution in [0.2, 0.25) is 0 Å². The van der Waals surface area contributed by atoms with Crippen LogP contribution in [-0.2, 0) is 5.41 Å². The first-order valence-corrected chi connectivity index (χ1v) is 17.3. The lowest BCUT2D eigenvalue weighted by molar-refractivity contribution is 0.632. The molecular weight excluding hydrogens is 605 g/mol. The number of benzene rings is 7. The number of para-hydroxylation sites is 1. The van der Waals surface area contributed by atoms with Gasteiger partial charge in [-0.1, -0.05) is 141 Å². The number of pyridine rings is 1. The maximum Gasteiger partial charge on any atom is 0.0780 e. The molecule has 0 saturated heterocycles. The van der Waals surface area contributed by atoms with E-state index in [-0.39, 0.29) is 5.41 Å². The first-order valence-electron chi connectivity index (χ1n) is 17.3. The maximum atomic E-state index is 4.82. The van der Waals surface area contributed by atoms with Crippen LogP contribution in [0, 0.1) is 0 Å². The average Bonchev–Trinajstić information content (AvgIpc) is 3.18. The Morgan fingerprint density at radius 3 is 1.76 bits per heavy atom. The normalized spacial score (nSPS) is 13.1. The van der Waals surface area contributed by atoms with Crippen LogP contribution >= 0.6 is 0 Å². The van der Waals surface area contributed by atoms with Crippen LogP contribution in [0.4, 0.5) is 17.1 Å². The molecule has 0 amide bonds. The second-order valence-electron chi connectivity index (χ2n) is 13.7. The van der Waals surface area contributed by atoms with Gasteiger partial charge in [0.05, 0.1) is 17.1 Å². The van der Waals surface area contributed by atoms with E-state index in [4.69, 9.17) is 4.98 Å². The first kappa shape index (κ1) is 29.9. The summed E-state index contributed by atoms with van der Waals surface area (Å²) in [6.07, 6.45) is 1.91. The Labute approximate surface area is 294 Å². The fraction of sp³-hybridized carbons (Fsp3) is 0.0625. The van der Waals surface area contributed by atoms with Gasteiger partial charge in [0.15, 0.2) is 0 Å². The monoisotopic (exact) mass is 640 g/mol. The highest BCUT2D eigenvalue weighted by Gasteiger charge is 2.37. The number of rotatable bonds is 5. The lowest BCUT2D eigenvalue weighted by atomic mass is 9.73. The van der Waals surface area contributed by atoms with Gasteiger partial charge in [-0.15, -0.1) is 0 Å². The number of nitrogens with zero attached hydrogens (tertiary/aromatic N) is 2. The smallest absolute Gasteiger partial charge is 0.0780 e. The van der Waals surface area contributed by atoms with Crippen molar-refractivity contribution in [3.8, 4) is 44.6 Å². The third-order valence-corrected chi connectivity index (χ3v) is 10.3. The Hall–Kier alpha value is -6.25. The Balaban J connectivity index is 1.22. The highest BCUT2D eigenvalue weighted by atomic mass is 15.2. The molecular formula is C48H36N2. The van der Waals surface area contributed by atoms with Gasteiger partial charge in [0.1, 0.15) is 0 Å². The van der Waals surface area contributed by atoms with Gasteiger partial charge in [-0.25, -0.2) is 0 Å². The van der Waals surface area contributed by atoms with Gasteiger partial charge < -0.3 is 4.90 Å². The minimum Gasteiger partial charge on any atom is -0.310 e. The molecule has 0 atom stereocenters. The molecule has 0 N–H and O–H groups in total. The molecule has 1 aliphatic rings. The van der Waals surface area contributed by atoms with Crippen LogP contribution < -0.4 is 4.90 Å². The zero-order valence-electron chi connectivity index (χ0n) is 28.2. The van der Waals surface area contributed by atoms with E-state index in [1.807, 2.05) is 6.20 Å². The van der Waals surface area contributed by atoms with E-state index < -0.39 is 0 Å². The minimum absolute atomic E-state index is 0.216. The van der Waals surface area contributed by atoms with E-state index in [2.05, 4.69) is 195 Å². The summed E-state index contributed by atoms with van der Waals surface area (Å²) in [4.78, 5) is 7.29. The molecule has 0 spiro atoms. The molecule has 0 unspecified atom stereocenters. The molecule has 2 heteroatoms. The van der Waals surface area contributed by atoms with Gasteiger partial charge >= 0.3 is 0 Å². The average molecular weight is 641 g/mol. The number of anilines is 3. The molecule has 7 aromatic carbocycles. The summed E-state index contributed by atoms with van der Waals surface area (Å²) < 4.78 is 0. The fourth-order valence-corrected chi connectivity index (χ4v) is 7.69. The van der Waals surface area contributed by atoms with E-state index in [1.54, 1.807) is 0 Å². The molecule has 0 fully saturated rings. The summed E-state index contributed by atoms with van der Waals surface area (Å²) in [7, 11) is 0. The number of fused-ring (bicyclic) bond motifs is 3. The zero-order valence-corrected chi connectivity index (χ0v) is 28.2. The fourth-order valence-electron chi connectivity index (χ4n) is 7.69. The Morgan fingerprint density at radius 2 is 1.00 bits per heavy atom. The lowest BCUT2D eigenvalue weighted by Gasteiger charge is -2.42. The lowest BCUT2D eigenvalue weighted by Crippen LogP contribution is -2.30. The van der Waals surface area contributed by atoms with Gasteiger partial charge in [-0.2, -0.15) is 0 Å². The minimum atomic E-state index is -0.216. The van der Waals surface area contributed by atoms with Crippen LogP contribution in [0.15, 0.2) is 182 Å². The maximum absolute atomic E-state index is 4.82. The molecule has 0 saturated carbocycles. The summed E-state index contributed by atoms with van der Waals surface area (Å²) >= 11 is 0. The quantitative estimate of drug-likeness (QED) is 0.186. The van der Waals surface area contributed by atoms with E-state index in [9.17, 15) is 0 Å². The number of hydrogen-bond donors (Lipinski definition) is 0. The summed E-state index contributed by atoms with van der Waals surface area (Å²) in [6, 6.07) is 63.7. The molecule has 0 radical (unpaired) electrons. The molecule has 0 aliphatic carbocycles. The summed E-state index contributed by atoms with van der Waals surface area (Å²) in [6.45, 7) is 4.72. The third kappa shape index (κ3) is 5.09. The van der Waals surface area contributed by atoms with E-state index in [0.717, 1.165) is 16.9 Å². The Bertz CT molecular complexity index is 2450. The van der Waals surface area contributed by atoms with Crippen LogP contribution in [0.3, 0.4) is 0 Å². The molecule has 238 valence electrons.